The van der Waals surface area contributed by atoms with E-state index < -0.39 is 0 Å². The molecule has 0 atom stereocenters. The molecule has 0 saturated heterocycles. The molecule has 1 aromatic heterocycles. The monoisotopic (exact) mass is 227 g/mol. The van der Waals surface area contributed by atoms with Crippen LogP contribution in [0, 0.1) is 0 Å². The van der Waals surface area contributed by atoms with E-state index in [1.54, 1.807) is 11.8 Å². The molecule has 0 saturated carbocycles. The largest absolute Gasteiger partial charge is 0.289 e. The lowest BCUT2D eigenvalue weighted by molar-refractivity contribution is 0.104. The average Bonchev–Trinajstić information content (AvgIpc) is 2.64. The minimum atomic E-state index is 0.0887. The molecule has 1 aromatic carbocycles. The van der Waals surface area contributed by atoms with Gasteiger partial charge in [0.15, 0.2) is 5.78 Å². The van der Waals surface area contributed by atoms with Crippen LogP contribution in [-0.2, 0) is 0 Å². The van der Waals surface area contributed by atoms with Crippen molar-refractivity contribution in [3.63, 3.8) is 0 Å². The molecule has 2 aromatic rings. The van der Waals surface area contributed by atoms with Crippen LogP contribution in [0.15, 0.2) is 41.4 Å². The molecule has 78 valence electrons. The quantitative estimate of drug-likeness (QED) is 0.598. The molecule has 3 rings (SSSR count). The van der Waals surface area contributed by atoms with E-state index in [1.807, 2.05) is 42.7 Å². The third-order valence-corrected chi connectivity index (χ3v) is 3.40. The number of carbonyl (C=O) groups excluding carboxylic acids is 1. The Morgan fingerprint density at radius 3 is 2.50 bits per heavy atom. The van der Waals surface area contributed by atoms with Crippen LogP contribution < -0.4 is 0 Å². The van der Waals surface area contributed by atoms with Gasteiger partial charge >= 0.3 is 0 Å². The summed E-state index contributed by atoms with van der Waals surface area (Å²) in [7, 11) is 0. The topological polar surface area (TPSA) is 30.0 Å². The SMILES string of the molecule is CSc1ccc2c(n1)-c1ccccc1C2=O. The van der Waals surface area contributed by atoms with Crippen molar-refractivity contribution < 1.29 is 4.79 Å². The van der Waals surface area contributed by atoms with Gasteiger partial charge in [-0.15, -0.1) is 11.8 Å². The van der Waals surface area contributed by atoms with Crippen LogP contribution >= 0.6 is 11.8 Å². The van der Waals surface area contributed by atoms with Crippen molar-refractivity contribution in [1.29, 1.82) is 0 Å². The zero-order chi connectivity index (χ0) is 11.1. The fourth-order valence-corrected chi connectivity index (χ4v) is 2.36. The molecule has 0 radical (unpaired) electrons. The summed E-state index contributed by atoms with van der Waals surface area (Å²) in [5.74, 6) is 0.0887. The zero-order valence-electron chi connectivity index (χ0n) is 8.73. The predicted octanol–water partition coefficient (Wildman–Crippen LogP) is 3.01. The van der Waals surface area contributed by atoms with Crippen molar-refractivity contribution in [2.24, 2.45) is 0 Å². The molecule has 0 amide bonds. The van der Waals surface area contributed by atoms with Crippen molar-refractivity contribution >= 4 is 17.5 Å². The van der Waals surface area contributed by atoms with Crippen LogP contribution in [0.4, 0.5) is 0 Å². The van der Waals surface area contributed by atoms with E-state index in [-0.39, 0.29) is 5.78 Å². The van der Waals surface area contributed by atoms with Gasteiger partial charge in [-0.1, -0.05) is 24.3 Å². The molecule has 0 aliphatic heterocycles. The molecular formula is C13H9NOS. The highest BCUT2D eigenvalue weighted by Crippen LogP contribution is 2.35. The minimum absolute atomic E-state index is 0.0887. The van der Waals surface area contributed by atoms with E-state index in [0.29, 0.717) is 0 Å². The Hall–Kier alpha value is -1.61. The fraction of sp³-hybridized carbons (Fsp3) is 0.0769. The van der Waals surface area contributed by atoms with Gasteiger partial charge in [-0.05, 0) is 18.4 Å². The van der Waals surface area contributed by atoms with Crippen LogP contribution in [0.25, 0.3) is 11.3 Å². The summed E-state index contributed by atoms with van der Waals surface area (Å²) < 4.78 is 0. The van der Waals surface area contributed by atoms with Gasteiger partial charge in [0, 0.05) is 16.7 Å². The number of fused-ring (bicyclic) bond motifs is 3. The number of nitrogens with zero attached hydrogens (tertiary/aromatic N) is 1. The highest BCUT2D eigenvalue weighted by Gasteiger charge is 2.27. The van der Waals surface area contributed by atoms with Crippen molar-refractivity contribution in [2.75, 3.05) is 6.26 Å². The third kappa shape index (κ3) is 1.21. The normalized spacial score (nSPS) is 12.4. The average molecular weight is 227 g/mol. The van der Waals surface area contributed by atoms with Gasteiger partial charge in [-0.25, -0.2) is 4.98 Å². The molecule has 3 heteroatoms. The molecule has 16 heavy (non-hydrogen) atoms. The van der Waals surface area contributed by atoms with E-state index in [4.69, 9.17) is 0 Å². The molecule has 0 spiro atoms. The van der Waals surface area contributed by atoms with E-state index in [9.17, 15) is 4.79 Å². The first-order valence-corrected chi connectivity index (χ1v) is 6.23. The Kier molecular flexibility index (Phi) is 2.07. The number of hydrogen-bond donors (Lipinski definition) is 0. The second-order valence-electron chi connectivity index (χ2n) is 3.62. The second-order valence-corrected chi connectivity index (χ2v) is 4.45. The summed E-state index contributed by atoms with van der Waals surface area (Å²) in [4.78, 5) is 16.5. The fourth-order valence-electron chi connectivity index (χ4n) is 1.98. The molecule has 0 unspecified atom stereocenters. The van der Waals surface area contributed by atoms with E-state index in [1.165, 1.54) is 0 Å². The number of carbonyl (C=O) groups is 1. The molecule has 0 N–H and O–H groups in total. The summed E-state index contributed by atoms with van der Waals surface area (Å²) in [5, 5.41) is 0.947. The van der Waals surface area contributed by atoms with Gasteiger partial charge in [0.05, 0.1) is 10.7 Å². The number of pyridine rings is 1. The number of ketones is 1. The molecule has 2 nitrogen and oxygen atoms in total. The maximum absolute atomic E-state index is 12.0. The first kappa shape index (κ1) is 9.60. The van der Waals surface area contributed by atoms with Gasteiger partial charge in [0.25, 0.3) is 0 Å². The van der Waals surface area contributed by atoms with Crippen LogP contribution in [-0.4, -0.2) is 17.0 Å². The summed E-state index contributed by atoms with van der Waals surface area (Å²) in [5.41, 5.74) is 3.27. The number of thioether (sulfide) groups is 1. The maximum atomic E-state index is 12.0. The first-order chi connectivity index (χ1) is 7.81. The summed E-state index contributed by atoms with van der Waals surface area (Å²) >= 11 is 1.59. The van der Waals surface area contributed by atoms with E-state index >= 15 is 0 Å². The van der Waals surface area contributed by atoms with Crippen LogP contribution in [0.2, 0.25) is 0 Å². The summed E-state index contributed by atoms with van der Waals surface area (Å²) in [6, 6.07) is 11.4. The highest BCUT2D eigenvalue weighted by molar-refractivity contribution is 7.98. The lowest BCUT2D eigenvalue weighted by Gasteiger charge is -2.00. The van der Waals surface area contributed by atoms with Crippen molar-refractivity contribution in [1.82, 2.24) is 4.98 Å². The van der Waals surface area contributed by atoms with Gasteiger partial charge in [0.1, 0.15) is 0 Å². The first-order valence-electron chi connectivity index (χ1n) is 5.00. The van der Waals surface area contributed by atoms with Crippen molar-refractivity contribution in [3.05, 3.63) is 47.5 Å². The standard InChI is InChI=1S/C13H9NOS/c1-16-11-7-6-10-12(14-11)8-4-2-3-5-9(8)13(10)15/h2-7H,1H3. The molecular weight excluding hydrogens is 218 g/mol. The van der Waals surface area contributed by atoms with E-state index in [2.05, 4.69) is 4.98 Å². The predicted molar refractivity (Wildman–Crippen MR) is 64.9 cm³/mol. The van der Waals surface area contributed by atoms with Gasteiger partial charge in [0.2, 0.25) is 0 Å². The van der Waals surface area contributed by atoms with Crippen LogP contribution in [0.1, 0.15) is 15.9 Å². The minimum Gasteiger partial charge on any atom is -0.289 e. The van der Waals surface area contributed by atoms with Crippen molar-refractivity contribution in [3.8, 4) is 11.3 Å². The number of aromatic nitrogens is 1. The van der Waals surface area contributed by atoms with Crippen molar-refractivity contribution in [2.45, 2.75) is 5.03 Å². The molecule has 1 heterocycles. The van der Waals surface area contributed by atoms with Gasteiger partial charge < -0.3 is 0 Å². The Labute approximate surface area is 97.7 Å². The van der Waals surface area contributed by atoms with Gasteiger partial charge in [-0.2, -0.15) is 0 Å². The maximum Gasteiger partial charge on any atom is 0.195 e. The number of benzene rings is 1. The Morgan fingerprint density at radius 1 is 1.00 bits per heavy atom. The zero-order valence-corrected chi connectivity index (χ0v) is 9.54. The molecule has 0 bridgehead atoms. The van der Waals surface area contributed by atoms with Gasteiger partial charge in [-0.3, -0.25) is 4.79 Å². The van der Waals surface area contributed by atoms with Crippen LogP contribution in [0.5, 0.6) is 0 Å². The third-order valence-electron chi connectivity index (χ3n) is 2.75. The lowest BCUT2D eigenvalue weighted by Crippen LogP contribution is -1.95. The van der Waals surface area contributed by atoms with Crippen LogP contribution in [0.3, 0.4) is 0 Å². The highest BCUT2D eigenvalue weighted by atomic mass is 32.2. The summed E-state index contributed by atoms with van der Waals surface area (Å²) in [6.07, 6.45) is 1.98. The van der Waals surface area contributed by atoms with E-state index in [0.717, 1.165) is 27.4 Å². The second kappa shape index (κ2) is 3.46. The summed E-state index contributed by atoms with van der Waals surface area (Å²) in [6.45, 7) is 0. The number of rotatable bonds is 1. The molecule has 1 aliphatic carbocycles. The lowest BCUT2D eigenvalue weighted by atomic mass is 10.1. The Balaban J connectivity index is 2.31. The number of hydrogen-bond acceptors (Lipinski definition) is 3. The molecule has 1 aliphatic rings. The molecule has 0 fully saturated rings. The Morgan fingerprint density at radius 2 is 1.75 bits per heavy atom. The Bertz CT molecular complexity index is 592. The smallest absolute Gasteiger partial charge is 0.195 e.